The van der Waals surface area contributed by atoms with E-state index in [9.17, 15) is 9.59 Å². The van der Waals surface area contributed by atoms with Crippen LogP contribution in [0.25, 0.3) is 0 Å². The fourth-order valence-corrected chi connectivity index (χ4v) is 2.44. The zero-order valence-corrected chi connectivity index (χ0v) is 13.8. The highest BCUT2D eigenvalue weighted by molar-refractivity contribution is 6.39. The Morgan fingerprint density at radius 3 is 2.68 bits per heavy atom. The zero-order valence-electron chi connectivity index (χ0n) is 13.8. The lowest BCUT2D eigenvalue weighted by molar-refractivity contribution is -0.120. The number of hydrazine groups is 1. The lowest BCUT2D eigenvalue weighted by Crippen LogP contribution is -2.58. The highest BCUT2D eigenvalue weighted by Crippen LogP contribution is 2.15. The van der Waals surface area contributed by atoms with Crippen LogP contribution in [-0.2, 0) is 16.0 Å². The number of aromatic nitrogens is 1. The number of anilines is 1. The molecule has 1 aromatic heterocycles. The summed E-state index contributed by atoms with van der Waals surface area (Å²) in [7, 11) is 0. The normalized spacial score (nSPS) is 16.8. The number of benzene rings is 1. The standard InChI is InChI=1S/C18H19N5O2/c1-13-18(25)23(15-8-3-2-4-9-15)22-16(21-13)17(24)20-12-10-14-7-5-6-11-19-14/h2-9,11,13H,10,12H2,1H3,(H,20,24)(H,21,22). The fraction of sp³-hybridized carbons (Fsp3) is 0.222. The van der Waals surface area contributed by atoms with Gasteiger partial charge < -0.3 is 5.32 Å². The van der Waals surface area contributed by atoms with Crippen LogP contribution < -0.4 is 15.8 Å². The summed E-state index contributed by atoms with van der Waals surface area (Å²) in [4.78, 5) is 33.0. The van der Waals surface area contributed by atoms with Crippen LogP contribution in [0.4, 0.5) is 5.69 Å². The van der Waals surface area contributed by atoms with E-state index in [2.05, 4.69) is 20.7 Å². The van der Waals surface area contributed by atoms with E-state index in [1.54, 1.807) is 25.3 Å². The number of hydrogen-bond acceptors (Lipinski definition) is 5. The largest absolute Gasteiger partial charge is 0.349 e. The van der Waals surface area contributed by atoms with Crippen LogP contribution >= 0.6 is 0 Å². The van der Waals surface area contributed by atoms with E-state index in [1.165, 1.54) is 5.01 Å². The lowest BCUT2D eigenvalue weighted by atomic mass is 10.2. The Labute approximate surface area is 145 Å². The third kappa shape index (κ3) is 4.00. The molecule has 1 aliphatic rings. The monoisotopic (exact) mass is 337 g/mol. The van der Waals surface area contributed by atoms with Gasteiger partial charge in [0.15, 0.2) is 0 Å². The minimum atomic E-state index is -0.627. The van der Waals surface area contributed by atoms with Gasteiger partial charge in [0.25, 0.3) is 11.8 Å². The van der Waals surface area contributed by atoms with Gasteiger partial charge in [0.05, 0.1) is 5.69 Å². The molecule has 0 spiro atoms. The zero-order chi connectivity index (χ0) is 17.6. The summed E-state index contributed by atoms with van der Waals surface area (Å²) in [5.41, 5.74) is 4.36. The fourth-order valence-electron chi connectivity index (χ4n) is 2.44. The number of nitrogens with one attached hydrogen (secondary N) is 2. The van der Waals surface area contributed by atoms with Gasteiger partial charge >= 0.3 is 0 Å². The van der Waals surface area contributed by atoms with E-state index in [4.69, 9.17) is 0 Å². The number of para-hydroxylation sites is 1. The molecule has 1 atom stereocenters. The van der Waals surface area contributed by atoms with Gasteiger partial charge in [0.1, 0.15) is 6.04 Å². The number of aliphatic imine (C=N–C) groups is 1. The third-order valence-corrected chi connectivity index (χ3v) is 3.74. The maximum Gasteiger partial charge on any atom is 0.288 e. The molecule has 0 saturated heterocycles. The number of amidine groups is 1. The first kappa shape index (κ1) is 16.6. The van der Waals surface area contributed by atoms with Crippen molar-refractivity contribution >= 4 is 23.3 Å². The second-order valence-electron chi connectivity index (χ2n) is 5.60. The summed E-state index contributed by atoms with van der Waals surface area (Å²) >= 11 is 0. The van der Waals surface area contributed by atoms with Gasteiger partial charge in [-0.2, -0.15) is 0 Å². The molecule has 2 amide bonds. The highest BCUT2D eigenvalue weighted by Gasteiger charge is 2.30. The SMILES string of the molecule is CC1N=C(C(=O)NCCc2ccccn2)NN(c2ccccc2)C1=O. The van der Waals surface area contributed by atoms with Crippen molar-refractivity contribution in [1.82, 2.24) is 15.7 Å². The van der Waals surface area contributed by atoms with Gasteiger partial charge in [-0.05, 0) is 31.2 Å². The van der Waals surface area contributed by atoms with E-state index in [1.807, 2.05) is 36.4 Å². The summed E-state index contributed by atoms with van der Waals surface area (Å²) in [6.45, 7) is 2.10. The van der Waals surface area contributed by atoms with E-state index in [0.717, 1.165) is 5.69 Å². The summed E-state index contributed by atoms with van der Waals surface area (Å²) in [6.07, 6.45) is 2.34. The maximum atomic E-state index is 12.4. The summed E-state index contributed by atoms with van der Waals surface area (Å²) in [6, 6.07) is 14.1. The molecule has 0 saturated carbocycles. The molecule has 7 heteroatoms. The average molecular weight is 337 g/mol. The third-order valence-electron chi connectivity index (χ3n) is 3.74. The van der Waals surface area contributed by atoms with Gasteiger partial charge in [0, 0.05) is 24.9 Å². The van der Waals surface area contributed by atoms with Crippen LogP contribution in [-0.4, -0.2) is 35.2 Å². The quantitative estimate of drug-likeness (QED) is 0.855. The van der Waals surface area contributed by atoms with Crippen molar-refractivity contribution < 1.29 is 9.59 Å². The molecule has 2 aromatic rings. The number of pyridine rings is 1. The Bertz CT molecular complexity index is 777. The van der Waals surface area contributed by atoms with Crippen LogP contribution in [0.15, 0.2) is 59.7 Å². The molecule has 0 fully saturated rings. The molecule has 2 N–H and O–H groups in total. The topological polar surface area (TPSA) is 86.7 Å². The van der Waals surface area contributed by atoms with Crippen LogP contribution in [0.5, 0.6) is 0 Å². The molecule has 2 heterocycles. The molecule has 25 heavy (non-hydrogen) atoms. The summed E-state index contributed by atoms with van der Waals surface area (Å²) in [5.74, 6) is -0.440. The number of nitrogens with zero attached hydrogens (tertiary/aromatic N) is 3. The first-order chi connectivity index (χ1) is 12.1. The van der Waals surface area contributed by atoms with Crippen molar-refractivity contribution in [3.8, 4) is 0 Å². The Morgan fingerprint density at radius 1 is 1.20 bits per heavy atom. The second-order valence-corrected chi connectivity index (χ2v) is 5.60. The van der Waals surface area contributed by atoms with Crippen molar-refractivity contribution in [2.24, 2.45) is 4.99 Å². The molecule has 0 radical (unpaired) electrons. The van der Waals surface area contributed by atoms with Crippen molar-refractivity contribution in [2.75, 3.05) is 11.6 Å². The van der Waals surface area contributed by atoms with E-state index >= 15 is 0 Å². The highest BCUT2D eigenvalue weighted by atomic mass is 16.2. The van der Waals surface area contributed by atoms with E-state index in [0.29, 0.717) is 18.7 Å². The summed E-state index contributed by atoms with van der Waals surface area (Å²) < 4.78 is 0. The molecule has 3 rings (SSSR count). The minimum absolute atomic E-state index is 0.122. The number of amides is 2. The Kier molecular flexibility index (Phi) is 5.03. The average Bonchev–Trinajstić information content (AvgIpc) is 2.65. The second kappa shape index (κ2) is 7.57. The molecular formula is C18H19N5O2. The van der Waals surface area contributed by atoms with Crippen LogP contribution in [0.1, 0.15) is 12.6 Å². The molecule has 128 valence electrons. The van der Waals surface area contributed by atoms with Crippen molar-refractivity contribution in [1.29, 1.82) is 0 Å². The Balaban J connectivity index is 1.63. The molecule has 1 aliphatic heterocycles. The van der Waals surface area contributed by atoms with Gasteiger partial charge in [-0.3, -0.25) is 20.0 Å². The number of carbonyl (C=O) groups excluding carboxylic acids is 2. The molecular weight excluding hydrogens is 318 g/mol. The number of rotatable bonds is 5. The van der Waals surface area contributed by atoms with Crippen molar-refractivity contribution in [3.63, 3.8) is 0 Å². The maximum absolute atomic E-state index is 12.4. The molecule has 1 aromatic carbocycles. The Hall–Kier alpha value is -3.22. The molecule has 7 nitrogen and oxygen atoms in total. The van der Waals surface area contributed by atoms with Crippen LogP contribution in [0.2, 0.25) is 0 Å². The Morgan fingerprint density at radius 2 is 1.96 bits per heavy atom. The molecule has 0 bridgehead atoms. The van der Waals surface area contributed by atoms with E-state index in [-0.39, 0.29) is 17.6 Å². The van der Waals surface area contributed by atoms with Crippen LogP contribution in [0.3, 0.4) is 0 Å². The first-order valence-corrected chi connectivity index (χ1v) is 8.07. The molecule has 1 unspecified atom stereocenters. The van der Waals surface area contributed by atoms with Crippen LogP contribution in [0, 0.1) is 0 Å². The van der Waals surface area contributed by atoms with E-state index < -0.39 is 6.04 Å². The minimum Gasteiger partial charge on any atom is -0.349 e. The van der Waals surface area contributed by atoms with Crippen molar-refractivity contribution in [3.05, 3.63) is 60.4 Å². The number of hydrogen-bond donors (Lipinski definition) is 2. The van der Waals surface area contributed by atoms with Crippen molar-refractivity contribution in [2.45, 2.75) is 19.4 Å². The first-order valence-electron chi connectivity index (χ1n) is 8.07. The van der Waals surface area contributed by atoms with Gasteiger partial charge in [0.2, 0.25) is 5.84 Å². The predicted octanol–water partition coefficient (Wildman–Crippen LogP) is 1.08. The smallest absolute Gasteiger partial charge is 0.288 e. The number of carbonyl (C=O) groups is 2. The lowest BCUT2D eigenvalue weighted by Gasteiger charge is -2.30. The van der Waals surface area contributed by atoms with Gasteiger partial charge in [-0.25, -0.2) is 10.0 Å². The predicted molar refractivity (Wildman–Crippen MR) is 94.9 cm³/mol. The summed E-state index contributed by atoms with van der Waals surface area (Å²) in [5, 5.41) is 4.15. The van der Waals surface area contributed by atoms with Gasteiger partial charge in [-0.15, -0.1) is 0 Å². The van der Waals surface area contributed by atoms with Gasteiger partial charge in [-0.1, -0.05) is 24.3 Å². The molecule has 0 aliphatic carbocycles.